The maximum atomic E-state index is 11.5. The molecule has 9 heteroatoms. The topological polar surface area (TPSA) is 65.0 Å². The molecule has 0 spiro atoms. The molecule has 0 saturated carbocycles. The summed E-state index contributed by atoms with van der Waals surface area (Å²) in [7, 11) is 9.59. The zero-order chi connectivity index (χ0) is 15.6. The van der Waals surface area contributed by atoms with Gasteiger partial charge in [0.2, 0.25) is 0 Å². The Bertz CT molecular complexity index is 352. The van der Waals surface area contributed by atoms with Crippen molar-refractivity contribution in [2.45, 2.75) is 37.7 Å². The molecule has 1 unspecified atom stereocenters. The molecular weight excluding hydrogens is 352 g/mol. The molecule has 0 N–H and O–H groups in total. The predicted molar refractivity (Wildman–Crippen MR) is 76.3 cm³/mol. The van der Waals surface area contributed by atoms with Gasteiger partial charge in [0.1, 0.15) is 5.78 Å². The third-order valence-corrected chi connectivity index (χ3v) is 2.10. The van der Waals surface area contributed by atoms with Gasteiger partial charge in [-0.25, -0.2) is 0 Å². The molecule has 0 fully saturated rings. The zero-order valence-electron chi connectivity index (χ0n) is 12.3. The SMILES string of the molecule is [2H]CC([CH2-])(COC(=O)CCC(=O)C[B]N=P)O[C@@H]([B])[CH2-].[Y]. The zero-order valence-corrected chi connectivity index (χ0v) is 15.2. The van der Waals surface area contributed by atoms with Gasteiger partial charge in [-0.15, -0.1) is 6.00 Å². The van der Waals surface area contributed by atoms with Gasteiger partial charge in [0.25, 0.3) is 7.41 Å². The Labute approximate surface area is 151 Å². The Hall–Kier alpha value is 0.434. The van der Waals surface area contributed by atoms with Gasteiger partial charge in [0.15, 0.2) is 0 Å². The van der Waals surface area contributed by atoms with E-state index in [0.717, 1.165) is 0 Å². The minimum Gasteiger partial charge on any atom is -0.466 e. The second kappa shape index (κ2) is 12.0. The van der Waals surface area contributed by atoms with Gasteiger partial charge in [0.05, 0.1) is 20.9 Å². The van der Waals surface area contributed by atoms with Crippen LogP contribution < -0.4 is 0 Å². The number of carbonyl (C=O) groups excluding carboxylic acids is 2. The van der Waals surface area contributed by atoms with Crippen molar-refractivity contribution < 1.29 is 53.1 Å². The van der Waals surface area contributed by atoms with Gasteiger partial charge in [-0.05, 0) is 14.6 Å². The Kier molecular flexibility index (Phi) is 12.3. The van der Waals surface area contributed by atoms with Gasteiger partial charge in [-0.2, -0.15) is 0 Å². The third kappa shape index (κ3) is 13.4. The standard InChI is InChI=1S/C11H17B2NO4P.Y/c1-8(12)18-11(2,3)7-17-10(16)5-4-9(15)6-13-14-19;/h8,19H,1-2,4-7H2,3H3;/q-2;/t8-,11?;/m1./s1/i3D;. The molecule has 0 aliphatic carbocycles. The number of nitrogens with zero attached hydrogens (tertiary/aromatic N) is 1. The van der Waals surface area contributed by atoms with Crippen LogP contribution in [0.5, 0.6) is 0 Å². The van der Waals surface area contributed by atoms with Crippen molar-refractivity contribution >= 4 is 36.0 Å². The molecule has 0 rings (SSSR count). The number of Topliss-reactive ketones (excluding diaryl/α,β-unsaturated/α-hetero) is 1. The second-order valence-corrected chi connectivity index (χ2v) is 4.31. The summed E-state index contributed by atoms with van der Waals surface area (Å²) in [5.74, 6) is -0.683. The summed E-state index contributed by atoms with van der Waals surface area (Å²) in [6.07, 6.45) is 0.179. The fraction of sp³-hybridized carbons (Fsp3) is 0.636. The monoisotopic (exact) mass is 370 g/mol. The van der Waals surface area contributed by atoms with E-state index < -0.39 is 17.6 Å². The summed E-state index contributed by atoms with van der Waals surface area (Å²) in [6.45, 7) is 6.61. The Morgan fingerprint density at radius 3 is 2.75 bits per heavy atom. The van der Waals surface area contributed by atoms with E-state index in [2.05, 4.69) is 27.5 Å². The molecule has 0 heterocycles. The van der Waals surface area contributed by atoms with Crippen LogP contribution in [-0.2, 0) is 51.8 Å². The van der Waals surface area contributed by atoms with Gasteiger partial charge in [-0.3, -0.25) is 4.79 Å². The molecule has 0 saturated heterocycles. The van der Waals surface area contributed by atoms with Crippen LogP contribution >= 0.6 is 9.03 Å². The smallest absolute Gasteiger partial charge is 0.306 e. The van der Waals surface area contributed by atoms with E-state index >= 15 is 0 Å². The van der Waals surface area contributed by atoms with E-state index in [1.54, 1.807) is 0 Å². The molecule has 0 bridgehead atoms. The van der Waals surface area contributed by atoms with Crippen LogP contribution in [0.25, 0.3) is 0 Å². The number of hydrogen-bond acceptors (Lipinski definition) is 5. The predicted octanol–water partition coefficient (Wildman–Crippen LogP) is 1.18. The number of hydrogen-bond donors (Lipinski definition) is 0. The van der Waals surface area contributed by atoms with Gasteiger partial charge >= 0.3 is 5.97 Å². The van der Waals surface area contributed by atoms with Crippen LogP contribution in [0, 0.1) is 13.8 Å². The fourth-order valence-corrected chi connectivity index (χ4v) is 1.22. The summed E-state index contributed by atoms with van der Waals surface area (Å²) in [4.78, 5) is 22.8. The molecule has 0 aliphatic heterocycles. The van der Waals surface area contributed by atoms with Gasteiger partial charge < -0.3 is 32.8 Å². The Morgan fingerprint density at radius 2 is 2.25 bits per heavy atom. The summed E-state index contributed by atoms with van der Waals surface area (Å²) in [5, 5.41) is 0. The molecule has 0 aromatic rings. The third-order valence-electron chi connectivity index (χ3n) is 1.92. The van der Waals surface area contributed by atoms with E-state index in [4.69, 9.17) is 18.7 Å². The molecule has 4 radical (unpaired) electrons. The number of carbonyl (C=O) groups is 2. The van der Waals surface area contributed by atoms with E-state index in [1.807, 2.05) is 0 Å². The van der Waals surface area contributed by atoms with Crippen molar-refractivity contribution in [3.05, 3.63) is 13.8 Å². The molecule has 20 heavy (non-hydrogen) atoms. The van der Waals surface area contributed by atoms with Crippen molar-refractivity contribution in [3.8, 4) is 0 Å². The summed E-state index contributed by atoms with van der Waals surface area (Å²) in [5.41, 5.74) is -1.25. The quantitative estimate of drug-likeness (QED) is 0.251. The van der Waals surface area contributed by atoms with Crippen LogP contribution in [0.4, 0.5) is 0 Å². The average Bonchev–Trinajstić information content (AvgIpc) is 2.39. The van der Waals surface area contributed by atoms with Crippen molar-refractivity contribution in [1.29, 1.82) is 0 Å². The van der Waals surface area contributed by atoms with Crippen LogP contribution in [0.15, 0.2) is 4.66 Å². The number of esters is 1. The molecule has 0 amide bonds. The second-order valence-electron chi connectivity index (χ2n) is 4.05. The summed E-state index contributed by atoms with van der Waals surface area (Å²) >= 11 is 0. The van der Waals surface area contributed by atoms with Gasteiger partial charge in [-0.1, -0.05) is 6.90 Å². The Balaban J connectivity index is 0. The molecule has 0 aliphatic rings. The first-order valence-electron chi connectivity index (χ1n) is 6.30. The van der Waals surface area contributed by atoms with Crippen molar-refractivity contribution in [2.75, 3.05) is 6.61 Å². The molecule has 106 valence electrons. The van der Waals surface area contributed by atoms with Crippen molar-refractivity contribution in [1.82, 2.24) is 0 Å². The first-order valence-corrected chi connectivity index (χ1v) is 6.04. The van der Waals surface area contributed by atoms with E-state index in [9.17, 15) is 9.59 Å². The Morgan fingerprint density at radius 1 is 1.60 bits per heavy atom. The maximum absolute atomic E-state index is 11.5. The summed E-state index contributed by atoms with van der Waals surface area (Å²) < 4.78 is 20.8. The average molecular weight is 370 g/mol. The van der Waals surface area contributed by atoms with E-state index in [1.165, 1.54) is 7.41 Å². The largest absolute Gasteiger partial charge is 0.466 e. The van der Waals surface area contributed by atoms with E-state index in [0.29, 0.717) is 0 Å². The van der Waals surface area contributed by atoms with Crippen molar-refractivity contribution in [2.24, 2.45) is 4.66 Å². The number of ether oxygens (including phenoxy) is 2. The van der Waals surface area contributed by atoms with Gasteiger partial charge in [0, 0.05) is 46.8 Å². The van der Waals surface area contributed by atoms with Crippen LogP contribution in [0.3, 0.4) is 0 Å². The molecular formula is C11H17B2NO4PY-2. The molecule has 2 atom stereocenters. The first kappa shape index (κ1) is 20.4. The summed E-state index contributed by atoms with van der Waals surface area (Å²) in [6, 6.07) is -0.860. The minimum absolute atomic E-state index is 0. The molecule has 0 aromatic heterocycles. The number of rotatable bonds is 10. The molecule has 0 aromatic carbocycles. The maximum Gasteiger partial charge on any atom is 0.306 e. The molecule has 5 nitrogen and oxygen atoms in total. The van der Waals surface area contributed by atoms with E-state index in [-0.39, 0.29) is 71.2 Å². The van der Waals surface area contributed by atoms with Crippen LogP contribution in [0.1, 0.15) is 21.1 Å². The minimum atomic E-state index is -1.25. The first-order chi connectivity index (χ1) is 9.33. The van der Waals surface area contributed by atoms with Crippen LogP contribution in [-0.4, -0.2) is 45.2 Å². The normalized spacial score (nSPS) is 15.0. The number of ketones is 1. The fourth-order valence-electron chi connectivity index (χ4n) is 1.13. The van der Waals surface area contributed by atoms with Crippen LogP contribution in [0.2, 0.25) is 6.32 Å². The van der Waals surface area contributed by atoms with Crippen molar-refractivity contribution in [3.63, 3.8) is 0 Å².